The molecule has 214 valence electrons. The van der Waals surface area contributed by atoms with Gasteiger partial charge in [-0.2, -0.15) is 0 Å². The molecule has 3 aromatic rings. The molecule has 2 aromatic carbocycles. The quantitative estimate of drug-likeness (QED) is 0.269. The van der Waals surface area contributed by atoms with Gasteiger partial charge < -0.3 is 30.0 Å². The van der Waals surface area contributed by atoms with Gasteiger partial charge in [-0.25, -0.2) is 4.79 Å². The van der Waals surface area contributed by atoms with Crippen LogP contribution in [0, 0.1) is 0 Å². The van der Waals surface area contributed by atoms with E-state index in [-0.39, 0.29) is 18.7 Å². The lowest BCUT2D eigenvalue weighted by atomic mass is 9.95. The Morgan fingerprint density at radius 1 is 1.10 bits per heavy atom. The predicted octanol–water partition coefficient (Wildman–Crippen LogP) is 4.63. The fraction of sp³-hybridized carbons (Fsp3) is 0.400. The molecule has 0 saturated carbocycles. The first-order chi connectivity index (χ1) is 19.1. The van der Waals surface area contributed by atoms with E-state index in [1.807, 2.05) is 45.0 Å². The number of rotatable bonds is 10. The van der Waals surface area contributed by atoms with Crippen LogP contribution in [0.3, 0.4) is 0 Å². The molecule has 1 amide bonds. The van der Waals surface area contributed by atoms with Gasteiger partial charge in [0.2, 0.25) is 0 Å². The molecule has 1 aromatic heterocycles. The summed E-state index contributed by atoms with van der Waals surface area (Å²) in [5.74, 6) is 0.712. The average molecular weight is 568 g/mol. The molecule has 1 atom stereocenters. The Morgan fingerprint density at radius 2 is 1.85 bits per heavy atom. The van der Waals surface area contributed by atoms with E-state index in [1.165, 1.54) is 11.3 Å². The molecule has 0 saturated heterocycles. The van der Waals surface area contributed by atoms with Crippen LogP contribution in [-0.2, 0) is 29.0 Å². The van der Waals surface area contributed by atoms with E-state index >= 15 is 0 Å². The smallest absolute Gasteiger partial charge is 0.341 e. The van der Waals surface area contributed by atoms with E-state index in [9.17, 15) is 9.59 Å². The summed E-state index contributed by atoms with van der Waals surface area (Å²) in [6.07, 6.45) is 0.547. The molecule has 3 N–H and O–H groups in total. The molecule has 40 heavy (non-hydrogen) atoms. The van der Waals surface area contributed by atoms with Crippen LogP contribution >= 0.6 is 11.3 Å². The number of hydrogen-bond acceptors (Lipinski definition) is 9. The largest absolute Gasteiger partial charge is 0.497 e. The van der Waals surface area contributed by atoms with Crippen LogP contribution in [0.5, 0.6) is 11.5 Å². The zero-order valence-corrected chi connectivity index (χ0v) is 24.4. The Morgan fingerprint density at radius 3 is 2.52 bits per heavy atom. The lowest BCUT2D eigenvalue weighted by Gasteiger charge is -2.36. The molecule has 10 heteroatoms. The van der Waals surface area contributed by atoms with Gasteiger partial charge in [0.1, 0.15) is 22.1 Å². The van der Waals surface area contributed by atoms with Crippen molar-refractivity contribution >= 4 is 28.2 Å². The minimum atomic E-state index is -0.637. The van der Waals surface area contributed by atoms with Gasteiger partial charge >= 0.3 is 5.97 Å². The summed E-state index contributed by atoms with van der Waals surface area (Å²) in [7, 11) is 3.18. The number of ether oxygens (including phenoxy) is 4. The number of methoxy groups -OCH3 is 2. The number of thiophene rings is 1. The Bertz CT molecular complexity index is 1330. The van der Waals surface area contributed by atoms with Crippen molar-refractivity contribution in [1.82, 2.24) is 10.2 Å². The number of anilines is 1. The van der Waals surface area contributed by atoms with E-state index in [0.717, 1.165) is 21.8 Å². The highest BCUT2D eigenvalue weighted by molar-refractivity contribution is 7.16. The lowest BCUT2D eigenvalue weighted by Crippen LogP contribution is -2.47. The summed E-state index contributed by atoms with van der Waals surface area (Å²) in [6.45, 7) is 7.24. The van der Waals surface area contributed by atoms with Gasteiger partial charge in [-0.15, -0.1) is 11.3 Å². The molecule has 0 spiro atoms. The summed E-state index contributed by atoms with van der Waals surface area (Å²) in [5.41, 5.74) is 8.66. The molecule has 0 bridgehead atoms. The van der Waals surface area contributed by atoms with Crippen LogP contribution < -0.4 is 20.5 Å². The molecule has 9 nitrogen and oxygen atoms in total. The third kappa shape index (κ3) is 7.32. The molecule has 0 aliphatic carbocycles. The highest BCUT2D eigenvalue weighted by Gasteiger charge is 2.34. The summed E-state index contributed by atoms with van der Waals surface area (Å²) in [6, 6.07) is 14.8. The first-order valence-electron chi connectivity index (χ1n) is 13.1. The zero-order chi connectivity index (χ0) is 28.9. The van der Waals surface area contributed by atoms with Gasteiger partial charge in [0.25, 0.3) is 5.91 Å². The molecule has 1 aliphatic rings. The van der Waals surface area contributed by atoms with Crippen LogP contribution in [0.25, 0.3) is 0 Å². The number of nitrogens with one attached hydrogen (secondary N) is 1. The van der Waals surface area contributed by atoms with Crippen molar-refractivity contribution in [2.24, 2.45) is 0 Å². The zero-order valence-electron chi connectivity index (χ0n) is 23.6. The van der Waals surface area contributed by atoms with Gasteiger partial charge in [0.05, 0.1) is 12.7 Å². The number of esters is 1. The van der Waals surface area contributed by atoms with Gasteiger partial charge in [-0.1, -0.05) is 18.2 Å². The summed E-state index contributed by atoms with van der Waals surface area (Å²) < 4.78 is 21.4. The van der Waals surface area contributed by atoms with Crippen molar-refractivity contribution in [2.75, 3.05) is 33.3 Å². The van der Waals surface area contributed by atoms with Crippen LogP contribution in [0.15, 0.2) is 48.5 Å². The molecular weight excluding hydrogens is 530 g/mol. The van der Waals surface area contributed by atoms with Crippen molar-refractivity contribution in [3.63, 3.8) is 0 Å². The fourth-order valence-electron chi connectivity index (χ4n) is 4.63. The Kier molecular flexibility index (Phi) is 9.34. The number of nitrogen functional groups attached to an aromatic ring is 1. The van der Waals surface area contributed by atoms with Crippen molar-refractivity contribution < 1.29 is 28.5 Å². The van der Waals surface area contributed by atoms with Crippen molar-refractivity contribution in [3.05, 3.63) is 75.7 Å². The third-order valence-electron chi connectivity index (χ3n) is 6.51. The van der Waals surface area contributed by atoms with E-state index in [2.05, 4.69) is 10.2 Å². The Labute approximate surface area is 239 Å². The molecule has 1 aliphatic heterocycles. The topological polar surface area (TPSA) is 112 Å². The minimum absolute atomic E-state index is 0.0818. The number of nitrogens with zero attached hydrogens (tertiary/aromatic N) is 1. The number of nitrogens with two attached hydrogens (primary N) is 1. The van der Waals surface area contributed by atoms with Gasteiger partial charge in [0.15, 0.2) is 6.79 Å². The average Bonchev–Trinajstić information content (AvgIpc) is 3.24. The number of amides is 1. The second kappa shape index (κ2) is 12.7. The third-order valence-corrected chi connectivity index (χ3v) is 7.55. The second-order valence-electron chi connectivity index (χ2n) is 10.6. The monoisotopic (exact) mass is 567 g/mol. The number of fused-ring (bicyclic) bond motifs is 1. The van der Waals surface area contributed by atoms with Crippen LogP contribution in [0.2, 0.25) is 0 Å². The standard InChI is InChI=1S/C30H37N3O6S/c1-30(2,3)39-29(35)26-24-14-21(15-32-28(34)20-7-6-8-23(13-20)38-18-36-4)33(17-25(24)40-27(26)31)16-19-9-11-22(37-5)12-10-19/h6-13,21H,14-18,31H2,1-5H3,(H,32,34). The van der Waals surface area contributed by atoms with E-state index in [4.69, 9.17) is 24.7 Å². The summed E-state index contributed by atoms with van der Waals surface area (Å²) >= 11 is 1.43. The van der Waals surface area contributed by atoms with Crippen LogP contribution in [0.4, 0.5) is 5.00 Å². The van der Waals surface area contributed by atoms with Crippen LogP contribution in [-0.4, -0.2) is 56.0 Å². The first kappa shape index (κ1) is 29.4. The maximum Gasteiger partial charge on any atom is 0.341 e. The first-order valence-corrected chi connectivity index (χ1v) is 13.9. The normalized spacial score (nSPS) is 15.3. The molecule has 2 heterocycles. The molecular formula is C30H37N3O6S. The predicted molar refractivity (Wildman–Crippen MR) is 155 cm³/mol. The Hall–Kier alpha value is -3.60. The summed E-state index contributed by atoms with van der Waals surface area (Å²) in [4.78, 5) is 29.6. The van der Waals surface area contributed by atoms with Crippen LogP contribution in [0.1, 0.15) is 57.5 Å². The van der Waals surface area contributed by atoms with Gasteiger partial charge in [-0.05, 0) is 68.7 Å². The van der Waals surface area contributed by atoms with Crippen molar-refractivity contribution in [3.8, 4) is 11.5 Å². The fourth-order valence-corrected chi connectivity index (χ4v) is 5.74. The van der Waals surface area contributed by atoms with Crippen molar-refractivity contribution in [1.29, 1.82) is 0 Å². The number of carbonyl (C=O) groups is 2. The number of benzene rings is 2. The Balaban J connectivity index is 1.56. The number of hydrogen-bond donors (Lipinski definition) is 2. The summed E-state index contributed by atoms with van der Waals surface area (Å²) in [5, 5.41) is 3.54. The van der Waals surface area contributed by atoms with E-state index < -0.39 is 11.6 Å². The van der Waals surface area contributed by atoms with Gasteiger partial charge in [-0.3, -0.25) is 9.69 Å². The van der Waals surface area contributed by atoms with Gasteiger partial charge in [0, 0.05) is 43.2 Å². The lowest BCUT2D eigenvalue weighted by molar-refractivity contribution is 0.00686. The van der Waals surface area contributed by atoms with E-state index in [1.54, 1.807) is 38.5 Å². The SMILES string of the molecule is COCOc1cccc(C(=O)NCC2Cc3c(sc(N)c3C(=O)OC(C)(C)C)CN2Cc2ccc(OC)cc2)c1. The maximum atomic E-state index is 13.1. The van der Waals surface area contributed by atoms with Crippen molar-refractivity contribution in [2.45, 2.75) is 51.9 Å². The second-order valence-corrected chi connectivity index (χ2v) is 11.8. The highest BCUT2D eigenvalue weighted by Crippen LogP contribution is 2.38. The molecule has 0 fully saturated rings. The highest BCUT2D eigenvalue weighted by atomic mass is 32.1. The number of carbonyl (C=O) groups excluding carboxylic acids is 2. The minimum Gasteiger partial charge on any atom is -0.497 e. The van der Waals surface area contributed by atoms with E-state index in [0.29, 0.717) is 47.9 Å². The molecule has 4 rings (SSSR count). The maximum absolute atomic E-state index is 13.1. The molecule has 0 radical (unpaired) electrons. The molecule has 1 unspecified atom stereocenters.